The molecule has 3 heteroatoms. The maximum atomic E-state index is 5.40. The predicted octanol–water partition coefficient (Wildman–Crippen LogP) is 4.16. The monoisotopic (exact) mass is 323 g/mol. The summed E-state index contributed by atoms with van der Waals surface area (Å²) in [4.78, 5) is 2.43. The molecule has 1 unspecified atom stereocenters. The lowest BCUT2D eigenvalue weighted by atomic mass is 10.0. The van der Waals surface area contributed by atoms with E-state index in [4.69, 9.17) is 9.47 Å². The zero-order valence-electron chi connectivity index (χ0n) is 14.7. The second kappa shape index (κ2) is 7.43. The minimum Gasteiger partial charge on any atom is -0.493 e. The van der Waals surface area contributed by atoms with Crippen LogP contribution < -0.4 is 9.47 Å². The number of hydrogen-bond donors (Lipinski definition) is 0. The minimum atomic E-state index is 0.491. The highest BCUT2D eigenvalue weighted by Crippen LogP contribution is 2.28. The molecule has 0 N–H and O–H groups in total. The first-order valence-corrected chi connectivity index (χ1v) is 8.44. The van der Waals surface area contributed by atoms with Gasteiger partial charge in [-0.3, -0.25) is 0 Å². The van der Waals surface area contributed by atoms with Crippen molar-refractivity contribution >= 4 is 6.08 Å². The van der Waals surface area contributed by atoms with E-state index in [2.05, 4.69) is 60.5 Å². The van der Waals surface area contributed by atoms with Gasteiger partial charge in [0.1, 0.15) is 0 Å². The Labute approximate surface area is 144 Å². The lowest BCUT2D eigenvalue weighted by Crippen LogP contribution is -2.31. The first-order valence-electron chi connectivity index (χ1n) is 8.44. The highest BCUT2D eigenvalue weighted by molar-refractivity contribution is 5.54. The molecule has 0 saturated carbocycles. The Balaban J connectivity index is 1.69. The normalized spacial score (nSPS) is 16.5. The van der Waals surface area contributed by atoms with Crippen molar-refractivity contribution < 1.29 is 9.47 Å². The number of hydrogen-bond acceptors (Lipinski definition) is 3. The summed E-state index contributed by atoms with van der Waals surface area (Å²) in [5.74, 6) is 1.57. The van der Waals surface area contributed by atoms with Crippen LogP contribution in [0.1, 0.15) is 23.6 Å². The topological polar surface area (TPSA) is 21.7 Å². The molecule has 1 aliphatic heterocycles. The fourth-order valence-corrected chi connectivity index (χ4v) is 3.23. The summed E-state index contributed by atoms with van der Waals surface area (Å²) in [5.41, 5.74) is 4.02. The van der Waals surface area contributed by atoms with Crippen molar-refractivity contribution in [1.29, 1.82) is 0 Å². The van der Waals surface area contributed by atoms with Gasteiger partial charge in [0, 0.05) is 12.6 Å². The van der Waals surface area contributed by atoms with E-state index in [-0.39, 0.29) is 0 Å². The van der Waals surface area contributed by atoms with Crippen molar-refractivity contribution in [1.82, 2.24) is 4.90 Å². The van der Waals surface area contributed by atoms with Crippen molar-refractivity contribution in [2.24, 2.45) is 0 Å². The van der Waals surface area contributed by atoms with Gasteiger partial charge in [0.15, 0.2) is 11.5 Å². The third kappa shape index (κ3) is 3.56. The van der Waals surface area contributed by atoms with Gasteiger partial charge in [-0.15, -0.1) is 0 Å². The molecule has 1 heterocycles. The van der Waals surface area contributed by atoms with E-state index < -0.39 is 0 Å². The number of fused-ring (bicyclic) bond motifs is 1. The Bertz CT molecular complexity index is 724. The number of nitrogens with zero attached hydrogens (tertiary/aromatic N) is 1. The molecule has 0 spiro atoms. The average Bonchev–Trinajstić information content (AvgIpc) is 2.78. The Hall–Kier alpha value is -2.42. The van der Waals surface area contributed by atoms with Crippen molar-refractivity contribution in [3.05, 3.63) is 65.4 Å². The highest BCUT2D eigenvalue weighted by Gasteiger charge is 2.16. The van der Waals surface area contributed by atoms with Gasteiger partial charge in [-0.25, -0.2) is 0 Å². The van der Waals surface area contributed by atoms with Crippen LogP contribution in [0.4, 0.5) is 0 Å². The summed E-state index contributed by atoms with van der Waals surface area (Å²) < 4.78 is 10.7. The molecule has 0 aliphatic carbocycles. The standard InChI is InChI=1S/C21H25NO2/c1-16-14-19-7-5-4-6-18(19)11-13-22(16)12-10-17-8-9-20(23-2)21(15-17)24-3/h4-9,11,13,15-16H,10,12,14H2,1-3H3. The lowest BCUT2D eigenvalue weighted by molar-refractivity contribution is 0.298. The molecule has 2 aromatic carbocycles. The maximum absolute atomic E-state index is 5.40. The van der Waals surface area contributed by atoms with Crippen molar-refractivity contribution in [2.45, 2.75) is 25.8 Å². The molecular formula is C21H25NO2. The molecule has 0 saturated heterocycles. The van der Waals surface area contributed by atoms with Gasteiger partial charge in [0.25, 0.3) is 0 Å². The largest absolute Gasteiger partial charge is 0.493 e. The third-order valence-electron chi connectivity index (χ3n) is 4.69. The van der Waals surface area contributed by atoms with Gasteiger partial charge in [-0.2, -0.15) is 0 Å². The SMILES string of the molecule is COc1ccc(CCN2C=Cc3ccccc3CC2C)cc1OC. The summed E-state index contributed by atoms with van der Waals surface area (Å²) in [6, 6.07) is 15.3. The summed E-state index contributed by atoms with van der Waals surface area (Å²) in [7, 11) is 3.34. The Morgan fingerprint density at radius 3 is 2.62 bits per heavy atom. The van der Waals surface area contributed by atoms with E-state index in [0.717, 1.165) is 30.9 Å². The minimum absolute atomic E-state index is 0.491. The highest BCUT2D eigenvalue weighted by atomic mass is 16.5. The van der Waals surface area contributed by atoms with Gasteiger partial charge >= 0.3 is 0 Å². The first-order chi connectivity index (χ1) is 11.7. The van der Waals surface area contributed by atoms with Crippen molar-refractivity contribution in [3.8, 4) is 11.5 Å². The van der Waals surface area contributed by atoms with E-state index in [0.29, 0.717) is 6.04 Å². The maximum Gasteiger partial charge on any atom is 0.160 e. The molecule has 0 aromatic heterocycles. The number of ether oxygens (including phenoxy) is 2. The van der Waals surface area contributed by atoms with Crippen molar-refractivity contribution in [2.75, 3.05) is 20.8 Å². The number of rotatable bonds is 5. The molecule has 0 radical (unpaired) electrons. The molecule has 126 valence electrons. The van der Waals surface area contributed by atoms with Crippen molar-refractivity contribution in [3.63, 3.8) is 0 Å². The van der Waals surface area contributed by atoms with Crippen LogP contribution in [0.25, 0.3) is 6.08 Å². The second-order valence-corrected chi connectivity index (χ2v) is 6.24. The zero-order chi connectivity index (χ0) is 16.9. The molecule has 0 amide bonds. The quantitative estimate of drug-likeness (QED) is 0.824. The molecule has 0 bridgehead atoms. The van der Waals surface area contributed by atoms with Crippen LogP contribution in [0.3, 0.4) is 0 Å². The smallest absolute Gasteiger partial charge is 0.160 e. The number of methoxy groups -OCH3 is 2. The van der Waals surface area contributed by atoms with Crippen LogP contribution in [0.2, 0.25) is 0 Å². The van der Waals surface area contributed by atoms with Crippen LogP contribution in [0.15, 0.2) is 48.7 Å². The van der Waals surface area contributed by atoms with Crippen LogP contribution in [0, 0.1) is 0 Å². The van der Waals surface area contributed by atoms with Gasteiger partial charge in [0.05, 0.1) is 14.2 Å². The lowest BCUT2D eigenvalue weighted by Gasteiger charge is -2.27. The van der Waals surface area contributed by atoms with Crippen LogP contribution in [-0.2, 0) is 12.8 Å². The van der Waals surface area contributed by atoms with Gasteiger partial charge in [0.2, 0.25) is 0 Å². The molecule has 3 rings (SSSR count). The van der Waals surface area contributed by atoms with E-state index >= 15 is 0 Å². The van der Waals surface area contributed by atoms with Gasteiger partial charge in [-0.05, 0) is 60.9 Å². The van der Waals surface area contributed by atoms with Gasteiger partial charge < -0.3 is 14.4 Å². The first kappa shape index (κ1) is 16.4. The molecule has 1 aliphatic rings. The van der Waals surface area contributed by atoms with Gasteiger partial charge in [-0.1, -0.05) is 30.3 Å². The third-order valence-corrected chi connectivity index (χ3v) is 4.69. The molecule has 2 aromatic rings. The van der Waals surface area contributed by atoms with E-state index in [1.165, 1.54) is 16.7 Å². The summed E-state index contributed by atoms with van der Waals surface area (Å²) in [6.07, 6.45) is 6.52. The number of benzene rings is 2. The Morgan fingerprint density at radius 2 is 1.83 bits per heavy atom. The fraction of sp³-hybridized carbons (Fsp3) is 0.333. The zero-order valence-corrected chi connectivity index (χ0v) is 14.7. The fourth-order valence-electron chi connectivity index (χ4n) is 3.23. The molecule has 1 atom stereocenters. The molecule has 24 heavy (non-hydrogen) atoms. The van der Waals surface area contributed by atoms with Crippen LogP contribution in [-0.4, -0.2) is 31.7 Å². The van der Waals surface area contributed by atoms with E-state index in [1.807, 2.05) is 6.07 Å². The van der Waals surface area contributed by atoms with E-state index in [9.17, 15) is 0 Å². The summed E-state index contributed by atoms with van der Waals surface area (Å²) in [5, 5.41) is 0. The van der Waals surface area contributed by atoms with Crippen LogP contribution in [0.5, 0.6) is 11.5 Å². The molecular weight excluding hydrogens is 298 g/mol. The molecule has 0 fully saturated rings. The second-order valence-electron chi connectivity index (χ2n) is 6.24. The predicted molar refractivity (Wildman–Crippen MR) is 98.6 cm³/mol. The Kier molecular flexibility index (Phi) is 5.09. The van der Waals surface area contributed by atoms with E-state index in [1.54, 1.807) is 14.2 Å². The van der Waals surface area contributed by atoms with Crippen LogP contribution >= 0.6 is 0 Å². The summed E-state index contributed by atoms with van der Waals surface area (Å²) >= 11 is 0. The molecule has 3 nitrogen and oxygen atoms in total. The average molecular weight is 323 g/mol. The summed E-state index contributed by atoms with van der Waals surface area (Å²) in [6.45, 7) is 3.28. The Morgan fingerprint density at radius 1 is 1.04 bits per heavy atom.